The molecule has 0 saturated carbocycles. The minimum absolute atomic E-state index is 0.830. The molecule has 0 amide bonds. The van der Waals surface area contributed by atoms with E-state index in [0.717, 1.165) is 43.8 Å². The molecule has 3 aromatic heterocycles. The predicted octanol–water partition coefficient (Wildman–Crippen LogP) is 3.92. The minimum atomic E-state index is 0.830. The lowest BCUT2D eigenvalue weighted by atomic mass is 10.2. The molecule has 3 heterocycles. The van der Waals surface area contributed by atoms with E-state index in [4.69, 9.17) is 4.98 Å². The third-order valence-corrected chi connectivity index (χ3v) is 4.65. The Balaban J connectivity index is 1.46. The first-order valence-electron chi connectivity index (χ1n) is 9.28. The number of aromatic nitrogens is 4. The van der Waals surface area contributed by atoms with E-state index in [2.05, 4.69) is 61.9 Å². The second-order valence-electron chi connectivity index (χ2n) is 6.72. The number of fused-ring (bicyclic) bond motifs is 1. The van der Waals surface area contributed by atoms with E-state index in [-0.39, 0.29) is 0 Å². The normalized spacial score (nSPS) is 11.3. The molecule has 0 spiro atoms. The molecule has 0 atom stereocenters. The summed E-state index contributed by atoms with van der Waals surface area (Å²) >= 11 is 0. The smallest absolute Gasteiger partial charge is 0.0945 e. The van der Waals surface area contributed by atoms with E-state index in [1.165, 1.54) is 10.9 Å². The first-order chi connectivity index (χ1) is 13.4. The molecule has 0 bridgehead atoms. The van der Waals surface area contributed by atoms with E-state index in [9.17, 15) is 0 Å². The van der Waals surface area contributed by atoms with Crippen LogP contribution in [0.1, 0.15) is 17.7 Å². The number of imidazole rings is 1. The number of para-hydroxylation sites is 1. The topological polar surface area (TPSA) is 46.8 Å². The second kappa shape index (κ2) is 8.56. The highest BCUT2D eigenvalue weighted by Gasteiger charge is 2.09. The molecular formula is C22H23N5. The Morgan fingerprint density at radius 1 is 0.852 bits per heavy atom. The Morgan fingerprint density at radius 3 is 2.59 bits per heavy atom. The van der Waals surface area contributed by atoms with Gasteiger partial charge in [0.1, 0.15) is 0 Å². The summed E-state index contributed by atoms with van der Waals surface area (Å²) in [5.74, 6) is 0. The van der Waals surface area contributed by atoms with Crippen molar-refractivity contribution in [1.29, 1.82) is 0 Å². The maximum atomic E-state index is 4.85. The van der Waals surface area contributed by atoms with Crippen LogP contribution in [0.25, 0.3) is 10.9 Å². The largest absolute Gasteiger partial charge is 0.337 e. The summed E-state index contributed by atoms with van der Waals surface area (Å²) in [6, 6.07) is 16.7. The quantitative estimate of drug-likeness (QED) is 0.479. The monoisotopic (exact) mass is 357 g/mol. The lowest BCUT2D eigenvalue weighted by Crippen LogP contribution is -2.25. The van der Waals surface area contributed by atoms with E-state index in [0.29, 0.717) is 0 Å². The van der Waals surface area contributed by atoms with Gasteiger partial charge in [-0.1, -0.05) is 24.3 Å². The standard InChI is InChI=1S/C22H23N5/c1-2-5-22-20(4-1)6-7-21(25-22)17-27(16-19-8-10-23-11-9-19)14-3-13-26-15-12-24-18-26/h1-2,4-12,15,18H,3,13-14,16-17H2. The minimum Gasteiger partial charge on any atom is -0.337 e. The molecule has 0 N–H and O–H groups in total. The van der Waals surface area contributed by atoms with Gasteiger partial charge in [0.05, 0.1) is 17.5 Å². The number of nitrogens with zero attached hydrogens (tertiary/aromatic N) is 5. The molecule has 0 saturated heterocycles. The number of hydrogen-bond donors (Lipinski definition) is 0. The maximum absolute atomic E-state index is 4.85. The number of pyridine rings is 2. The highest BCUT2D eigenvalue weighted by atomic mass is 15.1. The molecule has 0 radical (unpaired) electrons. The van der Waals surface area contributed by atoms with Crippen molar-refractivity contribution in [2.24, 2.45) is 0 Å². The molecule has 0 aliphatic heterocycles. The first kappa shape index (κ1) is 17.4. The highest BCUT2D eigenvalue weighted by Crippen LogP contribution is 2.15. The Hall–Kier alpha value is -3.05. The van der Waals surface area contributed by atoms with Gasteiger partial charge < -0.3 is 4.57 Å². The SMILES string of the molecule is c1ccc2nc(CN(CCCn3ccnc3)Cc3ccncc3)ccc2c1. The van der Waals surface area contributed by atoms with Crippen LogP contribution in [0.2, 0.25) is 0 Å². The van der Waals surface area contributed by atoms with Crippen LogP contribution in [0.15, 0.2) is 79.6 Å². The van der Waals surface area contributed by atoms with Gasteiger partial charge >= 0.3 is 0 Å². The van der Waals surface area contributed by atoms with Gasteiger partial charge in [-0.25, -0.2) is 4.98 Å². The summed E-state index contributed by atoms with van der Waals surface area (Å²) in [4.78, 5) is 15.5. The van der Waals surface area contributed by atoms with Gasteiger partial charge in [-0.3, -0.25) is 14.9 Å². The molecule has 0 fully saturated rings. The summed E-state index contributed by atoms with van der Waals surface area (Å²) in [7, 11) is 0. The zero-order valence-corrected chi connectivity index (χ0v) is 15.3. The van der Waals surface area contributed by atoms with Crippen LogP contribution in [-0.4, -0.2) is 31.0 Å². The van der Waals surface area contributed by atoms with Crippen molar-refractivity contribution in [3.05, 3.63) is 90.9 Å². The Morgan fingerprint density at radius 2 is 1.74 bits per heavy atom. The van der Waals surface area contributed by atoms with E-state index in [1.807, 2.05) is 37.2 Å². The molecule has 0 aliphatic carbocycles. The summed E-state index contributed by atoms with van der Waals surface area (Å²) in [6.45, 7) is 3.69. The predicted molar refractivity (Wildman–Crippen MR) is 107 cm³/mol. The van der Waals surface area contributed by atoms with E-state index >= 15 is 0 Å². The zero-order chi connectivity index (χ0) is 18.3. The fourth-order valence-electron chi connectivity index (χ4n) is 3.28. The molecule has 4 rings (SSSR count). The van der Waals surface area contributed by atoms with Gasteiger partial charge in [0.25, 0.3) is 0 Å². The van der Waals surface area contributed by atoms with Gasteiger partial charge in [-0.2, -0.15) is 0 Å². The Bertz CT molecular complexity index is 966. The Kier molecular flexibility index (Phi) is 5.50. The van der Waals surface area contributed by atoms with Crippen molar-refractivity contribution < 1.29 is 0 Å². The molecule has 0 unspecified atom stereocenters. The summed E-state index contributed by atoms with van der Waals surface area (Å²) in [5.41, 5.74) is 3.43. The van der Waals surface area contributed by atoms with E-state index < -0.39 is 0 Å². The van der Waals surface area contributed by atoms with Crippen LogP contribution in [0, 0.1) is 0 Å². The van der Waals surface area contributed by atoms with Crippen LogP contribution in [0.3, 0.4) is 0 Å². The number of benzene rings is 1. The average molecular weight is 357 g/mol. The number of rotatable bonds is 8. The maximum Gasteiger partial charge on any atom is 0.0945 e. The third kappa shape index (κ3) is 4.77. The number of aryl methyl sites for hydroxylation is 1. The van der Waals surface area contributed by atoms with Gasteiger partial charge in [0.2, 0.25) is 0 Å². The van der Waals surface area contributed by atoms with Crippen molar-refractivity contribution in [3.8, 4) is 0 Å². The fraction of sp³-hybridized carbons (Fsp3) is 0.227. The third-order valence-electron chi connectivity index (χ3n) is 4.65. The van der Waals surface area contributed by atoms with Crippen LogP contribution < -0.4 is 0 Å². The second-order valence-corrected chi connectivity index (χ2v) is 6.72. The van der Waals surface area contributed by atoms with Gasteiger partial charge in [-0.05, 0) is 36.2 Å². The zero-order valence-electron chi connectivity index (χ0n) is 15.3. The van der Waals surface area contributed by atoms with Crippen molar-refractivity contribution in [2.45, 2.75) is 26.1 Å². The van der Waals surface area contributed by atoms with Crippen molar-refractivity contribution >= 4 is 10.9 Å². The van der Waals surface area contributed by atoms with Crippen molar-refractivity contribution in [1.82, 2.24) is 24.4 Å². The molecule has 27 heavy (non-hydrogen) atoms. The van der Waals surface area contributed by atoms with Crippen LogP contribution in [-0.2, 0) is 19.6 Å². The van der Waals surface area contributed by atoms with Gasteiger partial charge in [0, 0.05) is 56.4 Å². The van der Waals surface area contributed by atoms with Crippen molar-refractivity contribution in [3.63, 3.8) is 0 Å². The van der Waals surface area contributed by atoms with Crippen LogP contribution >= 0.6 is 0 Å². The lowest BCUT2D eigenvalue weighted by Gasteiger charge is -2.22. The van der Waals surface area contributed by atoms with Crippen molar-refractivity contribution in [2.75, 3.05) is 6.54 Å². The molecule has 5 heteroatoms. The summed E-state index contributed by atoms with van der Waals surface area (Å²) < 4.78 is 2.12. The molecular weight excluding hydrogens is 334 g/mol. The average Bonchev–Trinajstić information content (AvgIpc) is 3.22. The molecule has 4 aromatic rings. The Labute approximate surface area is 159 Å². The fourth-order valence-corrected chi connectivity index (χ4v) is 3.28. The van der Waals surface area contributed by atoms with Gasteiger partial charge in [0.15, 0.2) is 0 Å². The molecule has 0 aliphatic rings. The summed E-state index contributed by atoms with van der Waals surface area (Å²) in [5, 5.41) is 1.18. The lowest BCUT2D eigenvalue weighted by molar-refractivity contribution is 0.246. The molecule has 136 valence electrons. The first-order valence-corrected chi connectivity index (χ1v) is 9.28. The summed E-state index contributed by atoms with van der Waals surface area (Å²) in [6.07, 6.45) is 10.5. The van der Waals surface area contributed by atoms with Crippen LogP contribution in [0.5, 0.6) is 0 Å². The number of hydrogen-bond acceptors (Lipinski definition) is 4. The molecule has 1 aromatic carbocycles. The van der Waals surface area contributed by atoms with Gasteiger partial charge in [-0.15, -0.1) is 0 Å². The van der Waals surface area contributed by atoms with Crippen LogP contribution in [0.4, 0.5) is 0 Å². The van der Waals surface area contributed by atoms with E-state index in [1.54, 1.807) is 0 Å². The highest BCUT2D eigenvalue weighted by molar-refractivity contribution is 5.78. The molecule has 5 nitrogen and oxygen atoms in total.